The maximum Gasteiger partial charge on any atom is 0.118 e. The van der Waals surface area contributed by atoms with Gasteiger partial charge in [0.15, 0.2) is 0 Å². The Balaban J connectivity index is 1.80. The molecule has 0 saturated heterocycles. The number of hydrogen-bond acceptors (Lipinski definition) is 2. The zero-order valence-corrected chi connectivity index (χ0v) is 15.2. The lowest BCUT2D eigenvalue weighted by atomic mass is 9.87. The Labute approximate surface area is 158 Å². The number of fused-ring (bicyclic) bond motifs is 3. The van der Waals surface area contributed by atoms with E-state index in [0.29, 0.717) is 0 Å². The van der Waals surface area contributed by atoms with Crippen LogP contribution in [0.4, 0.5) is 0 Å². The molecule has 4 aromatic rings. The molecule has 3 aromatic carbocycles. The van der Waals surface area contributed by atoms with Gasteiger partial charge in [-0.2, -0.15) is 5.10 Å². The largest absolute Gasteiger partial charge is 0.497 e. The lowest BCUT2D eigenvalue weighted by molar-refractivity contribution is 0.415. The second-order valence-corrected chi connectivity index (χ2v) is 6.80. The third-order valence-electron chi connectivity index (χ3n) is 5.24. The normalized spacial score (nSPS) is 12.3. The smallest absolute Gasteiger partial charge is 0.118 e. The monoisotopic (exact) mass is 352 g/mol. The molecule has 0 N–H and O–H groups in total. The SMILES string of the molecule is COc1ccc(-c2c3c(nn2-c2ccccc2)CCc2ccccc2-3)cc1. The Morgan fingerprint density at radius 2 is 1.56 bits per heavy atom. The molecule has 0 bridgehead atoms. The molecule has 0 radical (unpaired) electrons. The molecular weight excluding hydrogens is 332 g/mol. The van der Waals surface area contributed by atoms with Gasteiger partial charge in [0.1, 0.15) is 5.75 Å². The van der Waals surface area contributed by atoms with Gasteiger partial charge in [-0.25, -0.2) is 4.68 Å². The number of benzene rings is 3. The molecular formula is C24H20N2O. The van der Waals surface area contributed by atoms with E-state index in [1.54, 1.807) is 7.11 Å². The molecule has 0 amide bonds. The standard InChI is InChI=1S/C24H20N2O/c1-27-20-14-11-18(12-15-20)24-23-21-10-6-5-7-17(21)13-16-22(23)25-26(24)19-8-3-2-4-9-19/h2-12,14-15H,13,16H2,1H3. The van der Waals surface area contributed by atoms with Crippen molar-refractivity contribution in [2.45, 2.75) is 12.8 Å². The molecule has 0 saturated carbocycles. The first-order chi connectivity index (χ1) is 13.3. The second-order valence-electron chi connectivity index (χ2n) is 6.80. The summed E-state index contributed by atoms with van der Waals surface area (Å²) in [5, 5.41) is 5.02. The third-order valence-corrected chi connectivity index (χ3v) is 5.24. The van der Waals surface area contributed by atoms with Crippen LogP contribution in [0.1, 0.15) is 11.3 Å². The number of hydrogen-bond donors (Lipinski definition) is 0. The summed E-state index contributed by atoms with van der Waals surface area (Å²) >= 11 is 0. The minimum atomic E-state index is 0.860. The molecule has 0 aliphatic heterocycles. The predicted octanol–water partition coefficient (Wildman–Crippen LogP) is 5.31. The molecule has 1 aliphatic rings. The van der Waals surface area contributed by atoms with Crippen LogP contribution in [0.2, 0.25) is 0 Å². The first-order valence-corrected chi connectivity index (χ1v) is 9.25. The van der Waals surface area contributed by atoms with E-state index in [1.165, 1.54) is 22.4 Å². The fraction of sp³-hybridized carbons (Fsp3) is 0.125. The van der Waals surface area contributed by atoms with Crippen LogP contribution in [0.25, 0.3) is 28.1 Å². The van der Waals surface area contributed by atoms with Crippen LogP contribution in [0.15, 0.2) is 78.9 Å². The van der Waals surface area contributed by atoms with E-state index < -0.39 is 0 Å². The first-order valence-electron chi connectivity index (χ1n) is 9.25. The molecule has 1 heterocycles. The van der Waals surface area contributed by atoms with Crippen LogP contribution in [-0.4, -0.2) is 16.9 Å². The maximum atomic E-state index is 5.35. The summed E-state index contributed by atoms with van der Waals surface area (Å²) in [7, 11) is 1.70. The highest BCUT2D eigenvalue weighted by Crippen LogP contribution is 2.41. The number of nitrogens with zero attached hydrogens (tertiary/aromatic N) is 2. The predicted molar refractivity (Wildman–Crippen MR) is 108 cm³/mol. The van der Waals surface area contributed by atoms with Crippen LogP contribution in [0.3, 0.4) is 0 Å². The molecule has 0 atom stereocenters. The number of para-hydroxylation sites is 1. The summed E-state index contributed by atoms with van der Waals surface area (Å²) < 4.78 is 7.44. The van der Waals surface area contributed by atoms with Crippen LogP contribution >= 0.6 is 0 Å². The Hall–Kier alpha value is -3.33. The van der Waals surface area contributed by atoms with Gasteiger partial charge in [-0.1, -0.05) is 42.5 Å². The summed E-state index contributed by atoms with van der Waals surface area (Å²) in [5.74, 6) is 0.860. The average molecular weight is 352 g/mol. The molecule has 1 aliphatic carbocycles. The number of ether oxygens (including phenoxy) is 1. The molecule has 27 heavy (non-hydrogen) atoms. The molecule has 5 rings (SSSR count). The van der Waals surface area contributed by atoms with Gasteiger partial charge in [-0.05, 0) is 60.4 Å². The van der Waals surface area contributed by atoms with E-state index in [-0.39, 0.29) is 0 Å². The molecule has 3 nitrogen and oxygen atoms in total. The summed E-state index contributed by atoms with van der Waals surface area (Å²) in [4.78, 5) is 0. The minimum Gasteiger partial charge on any atom is -0.497 e. The highest BCUT2D eigenvalue weighted by atomic mass is 16.5. The van der Waals surface area contributed by atoms with Crippen LogP contribution in [-0.2, 0) is 12.8 Å². The highest BCUT2D eigenvalue weighted by Gasteiger charge is 2.26. The van der Waals surface area contributed by atoms with E-state index in [9.17, 15) is 0 Å². The minimum absolute atomic E-state index is 0.860. The van der Waals surface area contributed by atoms with Crippen molar-refractivity contribution in [2.75, 3.05) is 7.11 Å². The van der Waals surface area contributed by atoms with Gasteiger partial charge in [-0.15, -0.1) is 0 Å². The van der Waals surface area contributed by atoms with Crippen molar-refractivity contribution < 1.29 is 4.74 Å². The van der Waals surface area contributed by atoms with Gasteiger partial charge in [-0.3, -0.25) is 0 Å². The molecule has 1 aromatic heterocycles. The number of aryl methyl sites for hydroxylation is 2. The summed E-state index contributed by atoms with van der Waals surface area (Å²) in [6.45, 7) is 0. The molecule has 0 unspecified atom stereocenters. The van der Waals surface area contributed by atoms with Crippen molar-refractivity contribution >= 4 is 0 Å². The first kappa shape index (κ1) is 15.9. The quantitative estimate of drug-likeness (QED) is 0.499. The van der Waals surface area contributed by atoms with E-state index in [4.69, 9.17) is 9.84 Å². The fourth-order valence-corrected chi connectivity index (χ4v) is 3.93. The van der Waals surface area contributed by atoms with Gasteiger partial charge in [0.2, 0.25) is 0 Å². The zero-order valence-electron chi connectivity index (χ0n) is 15.2. The number of rotatable bonds is 3. The molecule has 3 heteroatoms. The van der Waals surface area contributed by atoms with Crippen molar-refractivity contribution in [3.63, 3.8) is 0 Å². The molecule has 0 fully saturated rings. The van der Waals surface area contributed by atoms with Crippen molar-refractivity contribution in [1.82, 2.24) is 9.78 Å². The van der Waals surface area contributed by atoms with Crippen molar-refractivity contribution in [2.24, 2.45) is 0 Å². The fourth-order valence-electron chi connectivity index (χ4n) is 3.93. The van der Waals surface area contributed by atoms with E-state index in [1.807, 2.05) is 18.2 Å². The number of aromatic nitrogens is 2. The van der Waals surface area contributed by atoms with Gasteiger partial charge < -0.3 is 4.74 Å². The second kappa shape index (κ2) is 6.44. The van der Waals surface area contributed by atoms with E-state index >= 15 is 0 Å². The molecule has 132 valence electrons. The Bertz CT molecular complexity index is 1100. The van der Waals surface area contributed by atoms with E-state index in [2.05, 4.69) is 65.3 Å². The van der Waals surface area contributed by atoms with E-state index in [0.717, 1.165) is 35.5 Å². The van der Waals surface area contributed by atoms with Gasteiger partial charge >= 0.3 is 0 Å². The van der Waals surface area contributed by atoms with Crippen LogP contribution < -0.4 is 4.74 Å². The topological polar surface area (TPSA) is 27.1 Å². The summed E-state index contributed by atoms with van der Waals surface area (Å²) in [6.07, 6.45) is 2.01. The van der Waals surface area contributed by atoms with Crippen molar-refractivity contribution in [3.8, 4) is 33.8 Å². The van der Waals surface area contributed by atoms with Crippen LogP contribution in [0, 0.1) is 0 Å². The summed E-state index contributed by atoms with van der Waals surface area (Å²) in [5.41, 5.74) is 8.49. The summed E-state index contributed by atoms with van der Waals surface area (Å²) in [6, 6.07) is 27.3. The van der Waals surface area contributed by atoms with Crippen LogP contribution in [0.5, 0.6) is 5.75 Å². The maximum absolute atomic E-state index is 5.35. The average Bonchev–Trinajstić information content (AvgIpc) is 3.14. The Kier molecular flexibility index (Phi) is 3.79. The lowest BCUT2D eigenvalue weighted by Gasteiger charge is -2.17. The van der Waals surface area contributed by atoms with Gasteiger partial charge in [0.25, 0.3) is 0 Å². The highest BCUT2D eigenvalue weighted by molar-refractivity contribution is 5.87. The van der Waals surface area contributed by atoms with Crippen molar-refractivity contribution in [1.29, 1.82) is 0 Å². The van der Waals surface area contributed by atoms with Gasteiger partial charge in [0, 0.05) is 11.1 Å². The molecule has 0 spiro atoms. The van der Waals surface area contributed by atoms with Crippen molar-refractivity contribution in [3.05, 3.63) is 90.1 Å². The lowest BCUT2D eigenvalue weighted by Crippen LogP contribution is -2.03. The van der Waals surface area contributed by atoms with Gasteiger partial charge in [0.05, 0.1) is 24.2 Å². The number of methoxy groups -OCH3 is 1. The zero-order chi connectivity index (χ0) is 18.2. The Morgan fingerprint density at radius 3 is 2.33 bits per heavy atom. The third kappa shape index (κ3) is 2.63. The Morgan fingerprint density at radius 1 is 0.815 bits per heavy atom.